The van der Waals surface area contributed by atoms with Gasteiger partial charge in [-0.1, -0.05) is 6.07 Å². The molecule has 0 radical (unpaired) electrons. The van der Waals surface area contributed by atoms with Crippen LogP contribution in [0, 0.1) is 17.6 Å². The average molecular weight is 531 g/mol. The minimum absolute atomic E-state index is 0.0818. The van der Waals surface area contributed by atoms with Crippen molar-refractivity contribution in [2.75, 3.05) is 12.8 Å². The van der Waals surface area contributed by atoms with Gasteiger partial charge in [0.15, 0.2) is 9.84 Å². The van der Waals surface area contributed by atoms with Gasteiger partial charge in [0.1, 0.15) is 17.7 Å². The van der Waals surface area contributed by atoms with Crippen molar-refractivity contribution in [2.24, 2.45) is 5.92 Å². The van der Waals surface area contributed by atoms with Gasteiger partial charge < -0.3 is 10.2 Å². The van der Waals surface area contributed by atoms with E-state index in [9.17, 15) is 40.0 Å². The van der Waals surface area contributed by atoms with Gasteiger partial charge in [-0.3, -0.25) is 9.59 Å². The van der Waals surface area contributed by atoms with Gasteiger partial charge in [0.05, 0.1) is 22.1 Å². The van der Waals surface area contributed by atoms with Crippen molar-refractivity contribution in [2.45, 2.75) is 48.8 Å². The molecule has 12 heteroatoms. The molecule has 4 rings (SSSR count). The lowest BCUT2D eigenvalue weighted by atomic mass is 9.99. The van der Waals surface area contributed by atoms with Crippen molar-refractivity contribution in [3.8, 4) is 0 Å². The molecule has 0 bridgehead atoms. The highest BCUT2D eigenvalue weighted by Gasteiger charge is 2.41. The highest BCUT2D eigenvalue weighted by Crippen LogP contribution is 2.43. The summed E-state index contributed by atoms with van der Waals surface area (Å²) in [6.45, 7) is 0.113. The standard InChI is InChI=1S/C24H23F5N2O4S/c1-36(34,35)15-7-9-18(25)17(12-15)23(33)31-10-2-3-20(31)22(32)30-21(13-4-5-13)16-8-6-14(11-19(16)26)24(27,28)29/h6-9,11-13,20-21H,2-5,10H2,1H3,(H,30,32)/t20-,21-/m1/s1. The molecule has 1 saturated carbocycles. The summed E-state index contributed by atoms with van der Waals surface area (Å²) in [7, 11) is -3.72. The molecular formula is C24H23F5N2O4S. The number of sulfone groups is 1. The predicted octanol–water partition coefficient (Wildman–Crippen LogP) is 4.26. The number of benzene rings is 2. The molecule has 1 saturated heterocycles. The number of amides is 2. The van der Waals surface area contributed by atoms with E-state index in [2.05, 4.69) is 5.32 Å². The maximum atomic E-state index is 14.6. The smallest absolute Gasteiger partial charge is 0.347 e. The van der Waals surface area contributed by atoms with Crippen molar-refractivity contribution in [1.82, 2.24) is 10.2 Å². The van der Waals surface area contributed by atoms with E-state index in [1.807, 2.05) is 0 Å². The first kappa shape index (κ1) is 26.1. The largest absolute Gasteiger partial charge is 0.416 e. The molecule has 6 nitrogen and oxygen atoms in total. The number of carbonyl (C=O) groups excluding carboxylic acids is 2. The molecule has 2 fully saturated rings. The molecule has 36 heavy (non-hydrogen) atoms. The Morgan fingerprint density at radius 3 is 2.31 bits per heavy atom. The predicted molar refractivity (Wildman–Crippen MR) is 119 cm³/mol. The van der Waals surface area contributed by atoms with Crippen LogP contribution in [0.5, 0.6) is 0 Å². The zero-order valence-corrected chi connectivity index (χ0v) is 19.9. The summed E-state index contributed by atoms with van der Waals surface area (Å²) in [5, 5.41) is 2.68. The fourth-order valence-corrected chi connectivity index (χ4v) is 5.07. The summed E-state index contributed by atoms with van der Waals surface area (Å²) in [4.78, 5) is 27.1. The fourth-order valence-electron chi connectivity index (χ4n) is 4.42. The third-order valence-corrected chi connectivity index (χ3v) is 7.58. The third kappa shape index (κ3) is 5.37. The van der Waals surface area contributed by atoms with Crippen LogP contribution in [0.15, 0.2) is 41.3 Å². The lowest BCUT2D eigenvalue weighted by Gasteiger charge is -2.27. The monoisotopic (exact) mass is 530 g/mol. The minimum atomic E-state index is -4.72. The van der Waals surface area contributed by atoms with E-state index in [1.54, 1.807) is 0 Å². The molecular weight excluding hydrogens is 507 g/mol. The van der Waals surface area contributed by atoms with Gasteiger partial charge in [-0.2, -0.15) is 13.2 Å². The van der Waals surface area contributed by atoms with Gasteiger partial charge in [0.25, 0.3) is 5.91 Å². The van der Waals surface area contributed by atoms with Gasteiger partial charge in [-0.25, -0.2) is 17.2 Å². The lowest BCUT2D eigenvalue weighted by Crippen LogP contribution is -2.47. The van der Waals surface area contributed by atoms with Crippen LogP contribution in [0.4, 0.5) is 22.0 Å². The van der Waals surface area contributed by atoms with Gasteiger partial charge in [-0.05, 0) is 61.9 Å². The maximum Gasteiger partial charge on any atom is 0.416 e. The molecule has 194 valence electrons. The van der Waals surface area contributed by atoms with Crippen LogP contribution < -0.4 is 5.32 Å². The quantitative estimate of drug-likeness (QED) is 0.447. The zero-order valence-electron chi connectivity index (χ0n) is 19.1. The number of halogens is 5. The van der Waals surface area contributed by atoms with E-state index in [4.69, 9.17) is 0 Å². The summed E-state index contributed by atoms with van der Waals surface area (Å²) in [5.41, 5.74) is -1.72. The van der Waals surface area contributed by atoms with E-state index in [0.717, 1.165) is 41.5 Å². The summed E-state index contributed by atoms with van der Waals surface area (Å²) in [6, 6.07) is 3.05. The van der Waals surface area contributed by atoms with Gasteiger partial charge >= 0.3 is 6.18 Å². The normalized spacial score (nSPS) is 19.3. The van der Waals surface area contributed by atoms with Gasteiger partial charge in [0, 0.05) is 18.4 Å². The Balaban J connectivity index is 1.56. The number of carbonyl (C=O) groups is 2. The molecule has 2 aromatic rings. The molecule has 1 heterocycles. The van der Waals surface area contributed by atoms with Crippen LogP contribution in [0.3, 0.4) is 0 Å². The Bertz CT molecular complexity index is 1310. The Morgan fingerprint density at radius 1 is 1.03 bits per heavy atom. The first-order valence-electron chi connectivity index (χ1n) is 11.2. The Kier molecular flexibility index (Phi) is 6.84. The minimum Gasteiger partial charge on any atom is -0.347 e. The van der Waals surface area contributed by atoms with Crippen molar-refractivity contribution in [3.05, 3.63) is 64.7 Å². The molecule has 1 N–H and O–H groups in total. The second-order valence-corrected chi connectivity index (χ2v) is 11.1. The summed E-state index contributed by atoms with van der Waals surface area (Å²) >= 11 is 0. The van der Waals surface area contributed by atoms with Crippen molar-refractivity contribution < 1.29 is 40.0 Å². The van der Waals surface area contributed by atoms with Gasteiger partial charge in [-0.15, -0.1) is 0 Å². The zero-order chi connectivity index (χ0) is 26.4. The highest BCUT2D eigenvalue weighted by atomic mass is 32.2. The van der Waals surface area contributed by atoms with Crippen LogP contribution in [0.25, 0.3) is 0 Å². The van der Waals surface area contributed by atoms with E-state index in [-0.39, 0.29) is 29.3 Å². The van der Waals surface area contributed by atoms with Crippen molar-refractivity contribution >= 4 is 21.7 Å². The number of rotatable bonds is 6. The summed E-state index contributed by atoms with van der Waals surface area (Å²) in [6.07, 6.45) is -1.87. The SMILES string of the molecule is CS(=O)(=O)c1ccc(F)c(C(=O)N2CCC[C@@H]2C(=O)N[C@@H](c2ccc(C(F)(F)F)cc2F)C2CC2)c1. The number of hydrogen-bond donors (Lipinski definition) is 1. The van der Waals surface area contributed by atoms with E-state index in [1.165, 1.54) is 0 Å². The van der Waals surface area contributed by atoms with Crippen LogP contribution in [-0.2, 0) is 20.8 Å². The lowest BCUT2D eigenvalue weighted by molar-refractivity contribution is -0.137. The number of alkyl halides is 3. The second-order valence-electron chi connectivity index (χ2n) is 9.13. The summed E-state index contributed by atoms with van der Waals surface area (Å²) < 4.78 is 91.5. The fraction of sp³-hybridized carbons (Fsp3) is 0.417. The molecule has 1 aliphatic carbocycles. The summed E-state index contributed by atoms with van der Waals surface area (Å²) in [5.74, 6) is -3.71. The molecule has 0 unspecified atom stereocenters. The van der Waals surface area contributed by atoms with E-state index < -0.39 is 62.7 Å². The van der Waals surface area contributed by atoms with Crippen LogP contribution in [0.1, 0.15) is 53.2 Å². The molecule has 2 atom stereocenters. The van der Waals surface area contributed by atoms with E-state index >= 15 is 0 Å². The molecule has 2 aromatic carbocycles. The third-order valence-electron chi connectivity index (χ3n) is 6.47. The first-order chi connectivity index (χ1) is 16.8. The Labute approximate surface area is 204 Å². The Morgan fingerprint density at radius 2 is 1.72 bits per heavy atom. The van der Waals surface area contributed by atoms with Gasteiger partial charge in [0.2, 0.25) is 5.91 Å². The molecule has 0 spiro atoms. The van der Waals surface area contributed by atoms with Crippen LogP contribution >= 0.6 is 0 Å². The topological polar surface area (TPSA) is 83.6 Å². The Hall–Kier alpha value is -3.02. The van der Waals surface area contributed by atoms with Crippen LogP contribution in [-0.4, -0.2) is 44.0 Å². The first-order valence-corrected chi connectivity index (χ1v) is 13.1. The number of likely N-dealkylation sites (tertiary alicyclic amines) is 1. The number of nitrogens with one attached hydrogen (secondary N) is 1. The highest BCUT2D eigenvalue weighted by molar-refractivity contribution is 7.90. The number of hydrogen-bond acceptors (Lipinski definition) is 4. The molecule has 1 aliphatic heterocycles. The average Bonchev–Trinajstić information content (AvgIpc) is 3.51. The van der Waals surface area contributed by atoms with Crippen molar-refractivity contribution in [1.29, 1.82) is 0 Å². The van der Waals surface area contributed by atoms with Crippen molar-refractivity contribution in [3.63, 3.8) is 0 Å². The molecule has 0 aromatic heterocycles. The van der Waals surface area contributed by atoms with E-state index in [0.29, 0.717) is 25.3 Å². The van der Waals surface area contributed by atoms with Crippen LogP contribution in [0.2, 0.25) is 0 Å². The molecule has 2 amide bonds. The number of nitrogens with zero attached hydrogens (tertiary/aromatic N) is 1. The second kappa shape index (κ2) is 9.45. The maximum absolute atomic E-state index is 14.6. The molecule has 2 aliphatic rings.